The molecule has 0 aromatic carbocycles. The van der Waals surface area contributed by atoms with E-state index in [2.05, 4.69) is 10.1 Å². The first-order valence-corrected chi connectivity index (χ1v) is 8.62. The van der Waals surface area contributed by atoms with E-state index < -0.39 is 0 Å². The van der Waals surface area contributed by atoms with Crippen LogP contribution < -0.4 is 0 Å². The van der Waals surface area contributed by atoms with Gasteiger partial charge in [-0.05, 0) is 39.2 Å². The van der Waals surface area contributed by atoms with Gasteiger partial charge in [-0.2, -0.15) is 5.10 Å². The van der Waals surface area contributed by atoms with Gasteiger partial charge in [0.2, 0.25) is 0 Å². The van der Waals surface area contributed by atoms with E-state index in [1.807, 2.05) is 30.8 Å². The standard InChI is InChI=1S/C16H21N3O3S/c1-10-14(23-15(18-10)11(2)21-3)16(20)22-13-7-4-6-12(13)19-9-5-8-17-19/h5,8-9,11-13H,4,6-7H2,1-3H3/t11-,12+,13+/m0/s1. The van der Waals surface area contributed by atoms with E-state index in [4.69, 9.17) is 9.47 Å². The molecule has 0 N–H and O–H groups in total. The van der Waals surface area contributed by atoms with Crippen LogP contribution in [0.2, 0.25) is 0 Å². The van der Waals surface area contributed by atoms with Crippen LogP contribution in [0.3, 0.4) is 0 Å². The largest absolute Gasteiger partial charge is 0.456 e. The molecule has 0 radical (unpaired) electrons. The van der Waals surface area contributed by atoms with Crippen molar-refractivity contribution in [3.8, 4) is 0 Å². The van der Waals surface area contributed by atoms with Crippen molar-refractivity contribution in [3.63, 3.8) is 0 Å². The molecule has 2 heterocycles. The molecule has 1 fully saturated rings. The number of nitrogens with zero attached hydrogens (tertiary/aromatic N) is 3. The smallest absolute Gasteiger partial charge is 0.350 e. The summed E-state index contributed by atoms with van der Waals surface area (Å²) < 4.78 is 12.9. The number of ether oxygens (including phenoxy) is 2. The lowest BCUT2D eigenvalue weighted by Gasteiger charge is -2.20. The van der Waals surface area contributed by atoms with Crippen molar-refractivity contribution in [1.29, 1.82) is 0 Å². The first-order chi connectivity index (χ1) is 11.1. The SMILES string of the molecule is CO[C@@H](C)c1nc(C)c(C(=O)O[C@@H]2CCC[C@H]2n2cccn2)s1. The minimum Gasteiger partial charge on any atom is -0.456 e. The molecule has 2 aromatic rings. The van der Waals surface area contributed by atoms with Crippen LogP contribution in [-0.2, 0) is 9.47 Å². The van der Waals surface area contributed by atoms with Crippen molar-refractivity contribution in [2.75, 3.05) is 7.11 Å². The van der Waals surface area contributed by atoms with Gasteiger partial charge in [0.25, 0.3) is 0 Å². The minimum atomic E-state index is -0.293. The minimum absolute atomic E-state index is 0.122. The van der Waals surface area contributed by atoms with Crippen molar-refractivity contribution in [2.24, 2.45) is 0 Å². The molecule has 124 valence electrons. The third-order valence-electron chi connectivity index (χ3n) is 4.24. The molecule has 3 rings (SSSR count). The lowest BCUT2D eigenvalue weighted by molar-refractivity contribution is 0.0214. The molecule has 0 spiro atoms. The summed E-state index contributed by atoms with van der Waals surface area (Å²) in [6.45, 7) is 3.75. The highest BCUT2D eigenvalue weighted by Crippen LogP contribution is 2.33. The first-order valence-electron chi connectivity index (χ1n) is 7.80. The highest BCUT2D eigenvalue weighted by Gasteiger charge is 2.33. The van der Waals surface area contributed by atoms with Gasteiger partial charge in [0.1, 0.15) is 22.1 Å². The molecule has 1 saturated carbocycles. The van der Waals surface area contributed by atoms with Crippen molar-refractivity contribution < 1.29 is 14.3 Å². The Bertz CT molecular complexity index is 668. The maximum absolute atomic E-state index is 12.5. The maximum Gasteiger partial charge on any atom is 0.350 e. The molecule has 6 nitrogen and oxygen atoms in total. The van der Waals surface area contributed by atoms with Gasteiger partial charge in [-0.25, -0.2) is 9.78 Å². The summed E-state index contributed by atoms with van der Waals surface area (Å²) in [5.41, 5.74) is 0.701. The summed E-state index contributed by atoms with van der Waals surface area (Å²) in [5, 5.41) is 5.08. The Balaban J connectivity index is 1.73. The van der Waals surface area contributed by atoms with Gasteiger partial charge in [-0.1, -0.05) is 0 Å². The highest BCUT2D eigenvalue weighted by molar-refractivity contribution is 7.13. The zero-order valence-corrected chi connectivity index (χ0v) is 14.4. The fourth-order valence-corrected chi connectivity index (χ4v) is 3.87. The van der Waals surface area contributed by atoms with E-state index in [9.17, 15) is 4.79 Å². The van der Waals surface area contributed by atoms with Crippen molar-refractivity contribution in [2.45, 2.75) is 51.4 Å². The fourth-order valence-electron chi connectivity index (χ4n) is 2.90. The summed E-state index contributed by atoms with van der Waals surface area (Å²) in [4.78, 5) is 17.5. The molecule has 3 atom stereocenters. The van der Waals surface area contributed by atoms with Crippen molar-refractivity contribution >= 4 is 17.3 Å². The lowest BCUT2D eigenvalue weighted by atomic mass is 10.2. The van der Waals surface area contributed by atoms with Crippen molar-refractivity contribution in [1.82, 2.24) is 14.8 Å². The molecular weight excluding hydrogens is 314 g/mol. The van der Waals surface area contributed by atoms with Crippen LogP contribution in [-0.4, -0.2) is 33.9 Å². The van der Waals surface area contributed by atoms with Crippen LogP contribution in [0.4, 0.5) is 0 Å². The van der Waals surface area contributed by atoms with Gasteiger partial charge in [-0.3, -0.25) is 4.68 Å². The quantitative estimate of drug-likeness (QED) is 0.784. The number of hydrogen-bond acceptors (Lipinski definition) is 6. The van der Waals surface area contributed by atoms with Gasteiger partial charge in [-0.15, -0.1) is 11.3 Å². The Morgan fingerprint density at radius 3 is 3.00 bits per heavy atom. The predicted molar refractivity (Wildman–Crippen MR) is 86.6 cm³/mol. The third-order valence-corrected chi connectivity index (χ3v) is 5.54. The van der Waals surface area contributed by atoms with E-state index in [0.29, 0.717) is 10.6 Å². The molecule has 0 aliphatic heterocycles. The molecule has 2 aromatic heterocycles. The van der Waals surface area contributed by atoms with Crippen LogP contribution in [0.15, 0.2) is 18.5 Å². The summed E-state index contributed by atoms with van der Waals surface area (Å²) in [6.07, 6.45) is 6.31. The monoisotopic (exact) mass is 335 g/mol. The van der Waals surface area contributed by atoms with Crippen LogP contribution in [0.25, 0.3) is 0 Å². The van der Waals surface area contributed by atoms with Crippen LogP contribution in [0.1, 0.15) is 58.7 Å². The fraction of sp³-hybridized carbons (Fsp3) is 0.562. The number of aryl methyl sites for hydroxylation is 1. The van der Waals surface area contributed by atoms with E-state index in [1.54, 1.807) is 13.3 Å². The number of carbonyl (C=O) groups excluding carboxylic acids is 1. The maximum atomic E-state index is 12.5. The number of hydrogen-bond donors (Lipinski definition) is 0. The van der Waals surface area contributed by atoms with Gasteiger partial charge in [0.15, 0.2) is 0 Å². The predicted octanol–water partition coefficient (Wildman–Crippen LogP) is 3.31. The van der Waals surface area contributed by atoms with Gasteiger partial charge in [0.05, 0.1) is 11.7 Å². The second-order valence-electron chi connectivity index (χ2n) is 5.77. The zero-order valence-electron chi connectivity index (χ0n) is 13.6. The molecule has 1 aliphatic rings. The van der Waals surface area contributed by atoms with E-state index in [1.165, 1.54) is 11.3 Å². The average Bonchev–Trinajstić information content (AvgIpc) is 3.25. The Morgan fingerprint density at radius 1 is 1.48 bits per heavy atom. The zero-order chi connectivity index (χ0) is 16.4. The summed E-state index contributed by atoms with van der Waals surface area (Å²) >= 11 is 1.35. The van der Waals surface area contributed by atoms with E-state index in [-0.39, 0.29) is 24.2 Å². The summed E-state index contributed by atoms with van der Waals surface area (Å²) in [6, 6.07) is 2.02. The molecule has 1 aliphatic carbocycles. The lowest BCUT2D eigenvalue weighted by Crippen LogP contribution is -2.25. The summed E-state index contributed by atoms with van der Waals surface area (Å²) in [5.74, 6) is -0.293. The topological polar surface area (TPSA) is 66.2 Å². The Morgan fingerprint density at radius 2 is 2.30 bits per heavy atom. The third kappa shape index (κ3) is 3.30. The van der Waals surface area contributed by atoms with Crippen LogP contribution >= 0.6 is 11.3 Å². The normalized spacial score (nSPS) is 22.2. The number of thiazole rings is 1. The van der Waals surface area contributed by atoms with E-state index in [0.717, 1.165) is 24.3 Å². The molecule has 0 saturated heterocycles. The number of aromatic nitrogens is 3. The van der Waals surface area contributed by atoms with E-state index >= 15 is 0 Å². The Kier molecular flexibility index (Phi) is 4.77. The van der Waals surface area contributed by atoms with Gasteiger partial charge in [0, 0.05) is 19.5 Å². The molecule has 0 amide bonds. The molecule has 7 heteroatoms. The van der Waals surface area contributed by atoms with Gasteiger partial charge >= 0.3 is 5.97 Å². The number of esters is 1. The second kappa shape index (κ2) is 6.80. The summed E-state index contributed by atoms with van der Waals surface area (Å²) in [7, 11) is 1.63. The molecule has 0 bridgehead atoms. The Labute approximate surface area is 139 Å². The van der Waals surface area contributed by atoms with Crippen LogP contribution in [0.5, 0.6) is 0 Å². The molecular formula is C16H21N3O3S. The second-order valence-corrected chi connectivity index (χ2v) is 6.80. The Hall–Kier alpha value is -1.73. The highest BCUT2D eigenvalue weighted by atomic mass is 32.1. The molecule has 0 unspecified atom stereocenters. The first kappa shape index (κ1) is 16.1. The van der Waals surface area contributed by atoms with Crippen molar-refractivity contribution in [3.05, 3.63) is 34.0 Å². The number of methoxy groups -OCH3 is 1. The number of carbonyl (C=O) groups is 1. The molecule has 23 heavy (non-hydrogen) atoms. The number of rotatable bonds is 5. The van der Waals surface area contributed by atoms with Crippen LogP contribution in [0, 0.1) is 6.92 Å². The average molecular weight is 335 g/mol. The van der Waals surface area contributed by atoms with Gasteiger partial charge < -0.3 is 9.47 Å².